The summed E-state index contributed by atoms with van der Waals surface area (Å²) in [7, 11) is -2.59. The van der Waals surface area contributed by atoms with Crippen molar-refractivity contribution < 1.29 is 22.7 Å². The summed E-state index contributed by atoms with van der Waals surface area (Å²) < 4.78 is 33.9. The minimum Gasteiger partial charge on any atom is -0.459 e. The van der Waals surface area contributed by atoms with E-state index >= 15 is 0 Å². The second-order valence-corrected chi connectivity index (χ2v) is 8.97. The quantitative estimate of drug-likeness (QED) is 0.733. The van der Waals surface area contributed by atoms with E-state index in [1.54, 1.807) is 26.0 Å². The van der Waals surface area contributed by atoms with Crippen molar-refractivity contribution in [3.05, 3.63) is 23.8 Å². The van der Waals surface area contributed by atoms with E-state index in [2.05, 4.69) is 10.3 Å². The van der Waals surface area contributed by atoms with Crippen molar-refractivity contribution in [2.75, 3.05) is 12.4 Å². The Morgan fingerprint density at radius 2 is 2.00 bits per heavy atom. The number of carbonyl (C=O) groups excluding carboxylic acids is 2. The molecule has 1 heterocycles. The van der Waals surface area contributed by atoms with Crippen LogP contribution in [0.1, 0.15) is 50.4 Å². The van der Waals surface area contributed by atoms with E-state index in [0.29, 0.717) is 0 Å². The normalized spacial score (nSPS) is 15.1. The molecule has 9 nitrogen and oxygen atoms in total. The molecule has 1 aliphatic rings. The highest BCUT2D eigenvalue weighted by molar-refractivity contribution is 7.87. The molecule has 28 heavy (non-hydrogen) atoms. The summed E-state index contributed by atoms with van der Waals surface area (Å²) in [5.74, 6) is -1.19. The summed E-state index contributed by atoms with van der Waals surface area (Å²) in [6.07, 6.45) is 2.54. The maximum absolute atomic E-state index is 13.1. The van der Waals surface area contributed by atoms with Crippen LogP contribution >= 0.6 is 0 Å². The second kappa shape index (κ2) is 7.51. The van der Waals surface area contributed by atoms with Gasteiger partial charge in [0.25, 0.3) is 0 Å². The van der Waals surface area contributed by atoms with E-state index in [0.717, 1.165) is 23.2 Å². The molecule has 1 saturated carbocycles. The molecule has 152 valence electrons. The highest BCUT2D eigenvalue weighted by Crippen LogP contribution is 2.29. The predicted molar refractivity (Wildman–Crippen MR) is 104 cm³/mol. The molecular weight excluding hydrogens is 384 g/mol. The maximum Gasteiger partial charge on any atom is 0.340 e. The molecule has 1 amide bonds. The van der Waals surface area contributed by atoms with Gasteiger partial charge in [-0.1, -0.05) is 6.07 Å². The standard InChI is InChI=1S/C18H24N4O5S/c1-11(2)21(4)28(25,26)22-15-10-6-9-14(17(24)27-13-7-5-8-13)16(15)20-18(22)19-12(3)23/h6,9-11,13H,5,7-8H2,1-4H3,(H,19,20,23). The summed E-state index contributed by atoms with van der Waals surface area (Å²) in [5, 5.41) is 2.45. The minimum atomic E-state index is -4.04. The zero-order valence-electron chi connectivity index (χ0n) is 16.3. The Balaban J connectivity index is 2.17. The fraction of sp³-hybridized carbons (Fsp3) is 0.500. The van der Waals surface area contributed by atoms with Gasteiger partial charge in [0.1, 0.15) is 11.6 Å². The number of nitrogens with zero attached hydrogens (tertiary/aromatic N) is 3. The van der Waals surface area contributed by atoms with Crippen LogP contribution in [0.3, 0.4) is 0 Å². The smallest absolute Gasteiger partial charge is 0.340 e. The lowest BCUT2D eigenvalue weighted by molar-refractivity contribution is -0.114. The molecule has 0 aliphatic heterocycles. The fourth-order valence-electron chi connectivity index (χ4n) is 2.81. The Morgan fingerprint density at radius 1 is 1.32 bits per heavy atom. The van der Waals surface area contributed by atoms with Gasteiger partial charge in [0, 0.05) is 20.0 Å². The van der Waals surface area contributed by atoms with Crippen molar-refractivity contribution in [3.8, 4) is 0 Å². The summed E-state index contributed by atoms with van der Waals surface area (Å²) in [6.45, 7) is 4.72. The highest BCUT2D eigenvalue weighted by atomic mass is 32.2. The van der Waals surface area contributed by atoms with Gasteiger partial charge in [0.2, 0.25) is 11.9 Å². The third-order valence-electron chi connectivity index (χ3n) is 4.80. The number of fused-ring (bicyclic) bond motifs is 1. The molecule has 1 N–H and O–H groups in total. The van der Waals surface area contributed by atoms with Crippen molar-refractivity contribution in [3.63, 3.8) is 0 Å². The van der Waals surface area contributed by atoms with Crippen LogP contribution in [0.4, 0.5) is 5.95 Å². The number of hydrogen-bond donors (Lipinski definition) is 1. The van der Waals surface area contributed by atoms with Crippen molar-refractivity contribution in [1.29, 1.82) is 0 Å². The first-order valence-electron chi connectivity index (χ1n) is 9.11. The van der Waals surface area contributed by atoms with Gasteiger partial charge in [-0.3, -0.25) is 10.1 Å². The van der Waals surface area contributed by atoms with E-state index in [-0.39, 0.29) is 34.7 Å². The second-order valence-electron chi connectivity index (χ2n) is 7.13. The number of carbonyl (C=O) groups is 2. The van der Waals surface area contributed by atoms with E-state index in [1.807, 2.05) is 0 Å². The van der Waals surface area contributed by atoms with E-state index in [1.165, 1.54) is 24.3 Å². The molecule has 0 spiro atoms. The number of esters is 1. The third-order valence-corrected chi connectivity index (χ3v) is 6.78. The summed E-state index contributed by atoms with van der Waals surface area (Å²) >= 11 is 0. The lowest BCUT2D eigenvalue weighted by atomic mass is 9.96. The van der Waals surface area contributed by atoms with E-state index in [9.17, 15) is 18.0 Å². The first-order valence-corrected chi connectivity index (χ1v) is 10.5. The zero-order valence-corrected chi connectivity index (χ0v) is 17.1. The number of hydrogen-bond acceptors (Lipinski definition) is 6. The average Bonchev–Trinajstić information content (AvgIpc) is 2.94. The van der Waals surface area contributed by atoms with E-state index < -0.39 is 22.1 Å². The fourth-order valence-corrected chi connectivity index (χ4v) is 4.30. The summed E-state index contributed by atoms with van der Waals surface area (Å²) in [4.78, 5) is 28.5. The van der Waals surface area contributed by atoms with Crippen LogP contribution in [0.25, 0.3) is 11.0 Å². The van der Waals surface area contributed by atoms with Gasteiger partial charge >= 0.3 is 16.2 Å². The first kappa shape index (κ1) is 20.3. The average molecular weight is 408 g/mol. The van der Waals surface area contributed by atoms with Gasteiger partial charge in [0.05, 0.1) is 11.1 Å². The van der Waals surface area contributed by atoms with Crippen LogP contribution in [0.5, 0.6) is 0 Å². The largest absolute Gasteiger partial charge is 0.459 e. The van der Waals surface area contributed by atoms with Gasteiger partial charge in [0.15, 0.2) is 0 Å². The number of ether oxygens (including phenoxy) is 1. The van der Waals surface area contributed by atoms with Gasteiger partial charge in [-0.25, -0.2) is 9.78 Å². The summed E-state index contributed by atoms with van der Waals surface area (Å²) in [5.41, 5.74) is 0.521. The van der Waals surface area contributed by atoms with Gasteiger partial charge < -0.3 is 4.74 Å². The molecule has 10 heteroatoms. The first-order chi connectivity index (χ1) is 13.1. The Hall–Kier alpha value is -2.46. The van der Waals surface area contributed by atoms with Crippen LogP contribution < -0.4 is 5.32 Å². The Morgan fingerprint density at radius 3 is 2.54 bits per heavy atom. The molecule has 0 unspecified atom stereocenters. The third kappa shape index (κ3) is 3.61. The van der Waals surface area contributed by atoms with Crippen molar-refractivity contribution in [2.45, 2.75) is 52.2 Å². The number of anilines is 1. The Bertz CT molecular complexity index is 1020. The molecule has 0 radical (unpaired) electrons. The van der Waals surface area contributed by atoms with Gasteiger partial charge in [-0.2, -0.15) is 16.7 Å². The molecule has 0 saturated heterocycles. The number of nitrogens with one attached hydrogen (secondary N) is 1. The van der Waals surface area contributed by atoms with Crippen LogP contribution in [0.2, 0.25) is 0 Å². The molecule has 1 aromatic carbocycles. The van der Waals surface area contributed by atoms with Crippen molar-refractivity contribution >= 4 is 39.1 Å². The molecule has 1 aliphatic carbocycles. The molecule has 2 aromatic rings. The predicted octanol–water partition coefficient (Wildman–Crippen LogP) is 2.14. The van der Waals surface area contributed by atoms with Gasteiger partial charge in [-0.15, -0.1) is 0 Å². The highest BCUT2D eigenvalue weighted by Gasteiger charge is 2.31. The molecule has 0 atom stereocenters. The molecule has 3 rings (SSSR count). The number of benzene rings is 1. The van der Waals surface area contributed by atoms with E-state index in [4.69, 9.17) is 4.74 Å². The van der Waals surface area contributed by atoms with Crippen molar-refractivity contribution in [2.24, 2.45) is 0 Å². The van der Waals surface area contributed by atoms with Crippen LogP contribution in [0.15, 0.2) is 18.2 Å². The number of imidazole rings is 1. The zero-order chi connectivity index (χ0) is 20.6. The topological polar surface area (TPSA) is 111 Å². The molecule has 1 fully saturated rings. The lowest BCUT2D eigenvalue weighted by Crippen LogP contribution is -2.37. The van der Waals surface area contributed by atoms with Crippen LogP contribution in [-0.4, -0.2) is 52.7 Å². The van der Waals surface area contributed by atoms with Crippen molar-refractivity contribution in [1.82, 2.24) is 13.3 Å². The Kier molecular flexibility index (Phi) is 5.44. The monoisotopic (exact) mass is 408 g/mol. The SMILES string of the molecule is CC(=O)Nc1nc2c(C(=O)OC3CCC3)cccc2n1S(=O)(=O)N(C)C(C)C. The Labute approximate surface area is 163 Å². The number of rotatable bonds is 6. The molecule has 1 aromatic heterocycles. The minimum absolute atomic E-state index is 0.115. The molecule has 0 bridgehead atoms. The van der Waals surface area contributed by atoms with Crippen LogP contribution in [-0.2, 0) is 19.7 Å². The lowest BCUT2D eigenvalue weighted by Gasteiger charge is -2.25. The van der Waals surface area contributed by atoms with Crippen LogP contribution in [0, 0.1) is 0 Å². The maximum atomic E-state index is 13.1. The number of para-hydroxylation sites is 1. The number of amides is 1. The van der Waals surface area contributed by atoms with Gasteiger partial charge in [-0.05, 0) is 45.2 Å². The summed E-state index contributed by atoms with van der Waals surface area (Å²) in [6, 6.07) is 4.33. The number of aromatic nitrogens is 2. The molecular formula is C18H24N4O5S.